The summed E-state index contributed by atoms with van der Waals surface area (Å²) in [4.78, 5) is 14.8. The molecule has 144 valence electrons. The van der Waals surface area contributed by atoms with Crippen molar-refractivity contribution < 1.29 is 13.9 Å². The van der Waals surface area contributed by atoms with E-state index < -0.39 is 0 Å². The molecule has 1 aliphatic heterocycles. The monoisotopic (exact) mass is 378 g/mol. The second kappa shape index (κ2) is 8.12. The first-order valence-electron chi connectivity index (χ1n) is 9.30. The molecule has 2 aromatic heterocycles. The third kappa shape index (κ3) is 3.98. The Hall–Kier alpha value is -3.35. The minimum atomic E-state index is -0.0950. The molecule has 1 atom stereocenters. The summed E-state index contributed by atoms with van der Waals surface area (Å²) in [5.74, 6) is 2.16. The van der Waals surface area contributed by atoms with Crippen LogP contribution in [-0.4, -0.2) is 36.3 Å². The van der Waals surface area contributed by atoms with Gasteiger partial charge in [-0.3, -0.25) is 4.79 Å². The van der Waals surface area contributed by atoms with Gasteiger partial charge in [0.15, 0.2) is 11.6 Å². The van der Waals surface area contributed by atoms with Gasteiger partial charge in [0, 0.05) is 18.8 Å². The molecule has 7 heteroatoms. The van der Waals surface area contributed by atoms with E-state index in [0.717, 1.165) is 36.6 Å². The highest BCUT2D eigenvalue weighted by Crippen LogP contribution is 2.25. The highest BCUT2D eigenvalue weighted by molar-refractivity contribution is 5.93. The number of aromatic nitrogens is 2. The molecule has 1 aliphatic rings. The van der Waals surface area contributed by atoms with Crippen LogP contribution in [0, 0.1) is 5.92 Å². The van der Waals surface area contributed by atoms with Crippen molar-refractivity contribution in [1.82, 2.24) is 10.2 Å². The molecule has 1 N–H and O–H groups in total. The van der Waals surface area contributed by atoms with Crippen LogP contribution in [0.3, 0.4) is 0 Å². The minimum absolute atomic E-state index is 0.0232. The van der Waals surface area contributed by atoms with Gasteiger partial charge in [-0.15, -0.1) is 10.2 Å². The number of furan rings is 1. The van der Waals surface area contributed by atoms with Gasteiger partial charge in [-0.25, -0.2) is 0 Å². The molecule has 28 heavy (non-hydrogen) atoms. The number of rotatable bonds is 5. The standard InChI is InChI=1S/C21H22N4O3/c1-27-17-8-6-16(7-9-17)22-21(26)15-4-2-12-25(14-15)20-11-10-18(23-24-20)19-5-3-13-28-19/h3,5-11,13,15H,2,4,12,14H2,1H3,(H,22,26). The molecule has 1 fully saturated rings. The van der Waals surface area contributed by atoms with E-state index in [-0.39, 0.29) is 11.8 Å². The van der Waals surface area contributed by atoms with Gasteiger partial charge < -0.3 is 19.4 Å². The maximum absolute atomic E-state index is 12.7. The fraction of sp³-hybridized carbons (Fsp3) is 0.286. The Balaban J connectivity index is 1.40. The zero-order valence-electron chi connectivity index (χ0n) is 15.7. The van der Waals surface area contributed by atoms with Crippen LogP contribution in [-0.2, 0) is 4.79 Å². The highest BCUT2D eigenvalue weighted by atomic mass is 16.5. The third-order valence-corrected chi connectivity index (χ3v) is 4.90. The Morgan fingerprint density at radius 3 is 2.71 bits per heavy atom. The van der Waals surface area contributed by atoms with E-state index in [1.807, 2.05) is 48.5 Å². The molecule has 1 amide bonds. The number of piperidine rings is 1. The Morgan fingerprint density at radius 1 is 1.18 bits per heavy atom. The summed E-state index contributed by atoms with van der Waals surface area (Å²) in [6.45, 7) is 1.48. The van der Waals surface area contributed by atoms with E-state index in [9.17, 15) is 4.79 Å². The van der Waals surface area contributed by atoms with Crippen LogP contribution in [0.1, 0.15) is 12.8 Å². The Kier molecular flexibility index (Phi) is 5.23. The van der Waals surface area contributed by atoms with Crippen molar-refractivity contribution in [3.05, 3.63) is 54.8 Å². The van der Waals surface area contributed by atoms with Crippen LogP contribution >= 0.6 is 0 Å². The number of benzene rings is 1. The molecule has 1 aromatic carbocycles. The smallest absolute Gasteiger partial charge is 0.229 e. The number of amides is 1. The molecular formula is C21H22N4O3. The first-order chi connectivity index (χ1) is 13.7. The average Bonchev–Trinajstić information content (AvgIpc) is 3.29. The van der Waals surface area contributed by atoms with Crippen molar-refractivity contribution in [2.24, 2.45) is 5.92 Å². The lowest BCUT2D eigenvalue weighted by Crippen LogP contribution is -2.41. The lowest BCUT2D eigenvalue weighted by Gasteiger charge is -2.32. The molecule has 7 nitrogen and oxygen atoms in total. The van der Waals surface area contributed by atoms with Crippen LogP contribution < -0.4 is 15.0 Å². The largest absolute Gasteiger partial charge is 0.497 e. The second-order valence-corrected chi connectivity index (χ2v) is 6.76. The normalized spacial score (nSPS) is 16.6. The van der Waals surface area contributed by atoms with E-state index >= 15 is 0 Å². The molecule has 3 heterocycles. The first-order valence-corrected chi connectivity index (χ1v) is 9.30. The van der Waals surface area contributed by atoms with Crippen molar-refractivity contribution in [2.75, 3.05) is 30.4 Å². The molecule has 0 saturated carbocycles. The summed E-state index contributed by atoms with van der Waals surface area (Å²) in [5.41, 5.74) is 1.46. The number of ether oxygens (including phenoxy) is 1. The number of methoxy groups -OCH3 is 1. The number of carbonyl (C=O) groups excluding carboxylic acids is 1. The summed E-state index contributed by atoms with van der Waals surface area (Å²) in [6, 6.07) is 14.8. The molecule has 0 bridgehead atoms. The molecule has 1 unspecified atom stereocenters. The van der Waals surface area contributed by atoms with Crippen molar-refractivity contribution >= 4 is 17.4 Å². The average molecular weight is 378 g/mol. The van der Waals surface area contributed by atoms with Gasteiger partial charge in [-0.05, 0) is 61.4 Å². The lowest BCUT2D eigenvalue weighted by atomic mass is 9.97. The van der Waals surface area contributed by atoms with Crippen LogP contribution in [0.4, 0.5) is 11.5 Å². The Labute approximate surface area is 163 Å². The van der Waals surface area contributed by atoms with Gasteiger partial charge >= 0.3 is 0 Å². The van der Waals surface area contributed by atoms with E-state index in [0.29, 0.717) is 18.0 Å². The molecule has 0 spiro atoms. The molecule has 0 aliphatic carbocycles. The summed E-state index contributed by atoms with van der Waals surface area (Å²) in [6.07, 6.45) is 3.40. The minimum Gasteiger partial charge on any atom is -0.497 e. The first kappa shape index (κ1) is 18.0. The fourth-order valence-corrected chi connectivity index (χ4v) is 3.37. The second-order valence-electron chi connectivity index (χ2n) is 6.76. The summed E-state index contributed by atoms with van der Waals surface area (Å²) >= 11 is 0. The highest BCUT2D eigenvalue weighted by Gasteiger charge is 2.27. The molecular weight excluding hydrogens is 356 g/mol. The summed E-state index contributed by atoms with van der Waals surface area (Å²) < 4.78 is 10.5. The zero-order chi connectivity index (χ0) is 19.3. The number of carbonyl (C=O) groups is 1. The van der Waals surface area contributed by atoms with Gasteiger partial charge in [-0.1, -0.05) is 0 Å². The van der Waals surface area contributed by atoms with E-state index in [1.165, 1.54) is 0 Å². The van der Waals surface area contributed by atoms with E-state index in [2.05, 4.69) is 20.4 Å². The summed E-state index contributed by atoms with van der Waals surface area (Å²) in [5, 5.41) is 11.6. The Bertz CT molecular complexity index is 908. The molecule has 1 saturated heterocycles. The molecule has 0 radical (unpaired) electrons. The number of nitrogens with one attached hydrogen (secondary N) is 1. The van der Waals surface area contributed by atoms with E-state index in [4.69, 9.17) is 9.15 Å². The fourth-order valence-electron chi connectivity index (χ4n) is 3.37. The van der Waals surface area contributed by atoms with Gasteiger partial charge in [-0.2, -0.15) is 0 Å². The number of nitrogens with zero attached hydrogens (tertiary/aromatic N) is 3. The van der Waals surface area contributed by atoms with Gasteiger partial charge in [0.05, 0.1) is 19.3 Å². The van der Waals surface area contributed by atoms with E-state index in [1.54, 1.807) is 13.4 Å². The van der Waals surface area contributed by atoms with Crippen molar-refractivity contribution in [2.45, 2.75) is 12.8 Å². The SMILES string of the molecule is COc1ccc(NC(=O)C2CCCN(c3ccc(-c4ccco4)nn3)C2)cc1. The number of hydrogen-bond donors (Lipinski definition) is 1. The van der Waals surface area contributed by atoms with Crippen molar-refractivity contribution in [3.8, 4) is 17.2 Å². The maximum Gasteiger partial charge on any atom is 0.229 e. The van der Waals surface area contributed by atoms with Crippen LogP contribution in [0.25, 0.3) is 11.5 Å². The quantitative estimate of drug-likeness (QED) is 0.731. The van der Waals surface area contributed by atoms with Crippen molar-refractivity contribution in [3.63, 3.8) is 0 Å². The van der Waals surface area contributed by atoms with Crippen molar-refractivity contribution in [1.29, 1.82) is 0 Å². The van der Waals surface area contributed by atoms with Crippen LogP contribution in [0.15, 0.2) is 59.2 Å². The number of hydrogen-bond acceptors (Lipinski definition) is 6. The predicted molar refractivity (Wildman–Crippen MR) is 106 cm³/mol. The third-order valence-electron chi connectivity index (χ3n) is 4.90. The van der Waals surface area contributed by atoms with Gasteiger partial charge in [0.25, 0.3) is 0 Å². The lowest BCUT2D eigenvalue weighted by molar-refractivity contribution is -0.120. The predicted octanol–water partition coefficient (Wildman–Crippen LogP) is 3.60. The molecule has 4 rings (SSSR count). The number of anilines is 2. The van der Waals surface area contributed by atoms with Gasteiger partial charge in [0.1, 0.15) is 11.4 Å². The zero-order valence-corrected chi connectivity index (χ0v) is 15.7. The maximum atomic E-state index is 12.7. The summed E-state index contributed by atoms with van der Waals surface area (Å²) in [7, 11) is 1.62. The van der Waals surface area contributed by atoms with Gasteiger partial charge in [0.2, 0.25) is 5.91 Å². The Morgan fingerprint density at radius 2 is 2.04 bits per heavy atom. The van der Waals surface area contributed by atoms with Crippen LogP contribution in [0.2, 0.25) is 0 Å². The van der Waals surface area contributed by atoms with Crippen LogP contribution in [0.5, 0.6) is 5.75 Å². The topological polar surface area (TPSA) is 80.5 Å². The molecule has 3 aromatic rings.